The van der Waals surface area contributed by atoms with E-state index in [0.717, 1.165) is 48.7 Å². The minimum Gasteiger partial charge on any atom is -0.403 e. The lowest BCUT2D eigenvalue weighted by atomic mass is 9.94. The molecule has 6 N–H and O–H groups in total. The Morgan fingerprint density at radius 1 is 1.29 bits per heavy atom. The van der Waals surface area contributed by atoms with Crippen LogP contribution in [-0.4, -0.2) is 34.2 Å². The van der Waals surface area contributed by atoms with E-state index in [-0.39, 0.29) is 29.4 Å². The van der Waals surface area contributed by atoms with Gasteiger partial charge in [-0.1, -0.05) is 44.5 Å². The summed E-state index contributed by atoms with van der Waals surface area (Å²) in [6.07, 6.45) is 7.56. The minimum atomic E-state index is -0.338. The Bertz CT molecular complexity index is 1170. The van der Waals surface area contributed by atoms with Crippen LogP contribution in [0, 0.1) is 10.8 Å². The lowest BCUT2D eigenvalue weighted by molar-refractivity contribution is -0.115. The van der Waals surface area contributed by atoms with Gasteiger partial charge in [-0.3, -0.25) is 4.79 Å². The van der Waals surface area contributed by atoms with Gasteiger partial charge in [-0.2, -0.15) is 0 Å². The van der Waals surface area contributed by atoms with Crippen LogP contribution in [0.25, 0.3) is 11.3 Å². The van der Waals surface area contributed by atoms with Crippen molar-refractivity contribution in [2.45, 2.75) is 58.7 Å². The maximum atomic E-state index is 12.9. The van der Waals surface area contributed by atoms with Gasteiger partial charge in [0.05, 0.1) is 17.4 Å². The van der Waals surface area contributed by atoms with Crippen LogP contribution in [0.2, 0.25) is 0 Å². The fraction of sp³-hybridized carbons (Fsp3) is 0.400. The van der Waals surface area contributed by atoms with Crippen molar-refractivity contribution in [2.24, 2.45) is 16.3 Å². The lowest BCUT2D eigenvalue weighted by Crippen LogP contribution is -2.46. The molecule has 0 bridgehead atoms. The molecule has 2 heterocycles. The van der Waals surface area contributed by atoms with E-state index in [9.17, 15) is 4.79 Å². The Kier molecular flexibility index (Phi) is 6.99. The van der Waals surface area contributed by atoms with Gasteiger partial charge in [0.15, 0.2) is 0 Å². The van der Waals surface area contributed by atoms with Crippen molar-refractivity contribution in [1.29, 1.82) is 5.41 Å². The van der Waals surface area contributed by atoms with Gasteiger partial charge in [0.1, 0.15) is 0 Å². The third-order valence-corrected chi connectivity index (χ3v) is 6.07. The van der Waals surface area contributed by atoms with E-state index in [1.165, 1.54) is 11.8 Å². The highest BCUT2D eigenvalue weighted by Gasteiger charge is 2.35. The highest BCUT2D eigenvalue weighted by Crippen LogP contribution is 2.32. The van der Waals surface area contributed by atoms with Crippen LogP contribution >= 0.6 is 0 Å². The van der Waals surface area contributed by atoms with Gasteiger partial charge in [-0.05, 0) is 42.5 Å². The number of aryl methyl sites for hydroxylation is 1. The summed E-state index contributed by atoms with van der Waals surface area (Å²) in [7, 11) is 0. The summed E-state index contributed by atoms with van der Waals surface area (Å²) >= 11 is 0. The summed E-state index contributed by atoms with van der Waals surface area (Å²) in [5.41, 5.74) is 9.73. The maximum Gasteiger partial charge on any atom is 0.290 e. The van der Waals surface area contributed by atoms with Crippen molar-refractivity contribution in [3.05, 3.63) is 53.5 Å². The Hall–Kier alpha value is -3.95. The number of anilines is 1. The number of oxime groups is 1. The summed E-state index contributed by atoms with van der Waals surface area (Å²) in [5, 5.41) is 20.5. The molecule has 1 aliphatic heterocycles. The Morgan fingerprint density at radius 2 is 2.11 bits per heavy atom. The van der Waals surface area contributed by atoms with Gasteiger partial charge in [-0.15, -0.1) is 0 Å². The predicted molar refractivity (Wildman–Crippen MR) is 135 cm³/mol. The van der Waals surface area contributed by atoms with Crippen LogP contribution in [0.3, 0.4) is 0 Å². The molecule has 35 heavy (non-hydrogen) atoms. The monoisotopic (exact) mass is 476 g/mol. The van der Waals surface area contributed by atoms with Crippen LogP contribution < -0.4 is 21.7 Å². The zero-order valence-corrected chi connectivity index (χ0v) is 20.3. The number of carbonyl (C=O) groups excluding carboxylic acids is 1. The lowest BCUT2D eigenvalue weighted by Gasteiger charge is -2.24. The maximum absolute atomic E-state index is 12.9. The molecule has 0 saturated carbocycles. The highest BCUT2D eigenvalue weighted by molar-refractivity contribution is 6.38. The molecule has 1 amide bonds. The van der Waals surface area contributed by atoms with E-state index in [1.807, 2.05) is 32.9 Å². The number of benzene rings is 1. The standard InChI is InChI=1S/C25H32N8O2/c1-25(2,3)23-32-21(33-35-23)22(34)30-20-7-5-4-6-15-12-16(8-9-18(15)20)19-10-11-28-24(31-19)29-17(13-26)14-27/h8-14,20,23,26H,4-7,27H2,1-3H3,(H,30,34)(H,32,33)(H,28,29,31)/b17-14+,26-13?. The first-order valence-corrected chi connectivity index (χ1v) is 11.8. The minimum absolute atomic E-state index is 0.111. The summed E-state index contributed by atoms with van der Waals surface area (Å²) < 4.78 is 0. The second-order valence-electron chi connectivity index (χ2n) is 9.78. The summed E-state index contributed by atoms with van der Waals surface area (Å²) in [5.74, 6) is 0.313. The van der Waals surface area contributed by atoms with Crippen molar-refractivity contribution in [1.82, 2.24) is 20.6 Å². The average Bonchev–Trinajstić information content (AvgIpc) is 3.28. The molecule has 2 aliphatic rings. The number of nitrogens with zero attached hydrogens (tertiary/aromatic N) is 3. The molecular weight excluding hydrogens is 444 g/mol. The fourth-order valence-corrected chi connectivity index (χ4v) is 4.12. The zero-order valence-electron chi connectivity index (χ0n) is 20.3. The first-order valence-electron chi connectivity index (χ1n) is 11.8. The molecular formula is C25H32N8O2. The highest BCUT2D eigenvalue weighted by atomic mass is 16.7. The van der Waals surface area contributed by atoms with Crippen molar-refractivity contribution in [3.63, 3.8) is 0 Å². The molecule has 2 unspecified atom stereocenters. The Balaban J connectivity index is 1.52. The normalized spacial score (nSPS) is 20.0. The fourth-order valence-electron chi connectivity index (χ4n) is 4.12. The molecule has 1 aromatic carbocycles. The molecule has 0 fully saturated rings. The van der Waals surface area contributed by atoms with E-state index in [1.54, 1.807) is 6.20 Å². The van der Waals surface area contributed by atoms with Gasteiger partial charge in [-0.25, -0.2) is 9.97 Å². The number of amidine groups is 1. The summed E-state index contributed by atoms with van der Waals surface area (Å²) in [6, 6.07) is 7.94. The van der Waals surface area contributed by atoms with Gasteiger partial charge in [0.2, 0.25) is 18.0 Å². The molecule has 4 rings (SSSR count). The van der Waals surface area contributed by atoms with Crippen LogP contribution in [0.5, 0.6) is 0 Å². The predicted octanol–water partition coefficient (Wildman–Crippen LogP) is 3.19. The third kappa shape index (κ3) is 5.59. The van der Waals surface area contributed by atoms with Crippen LogP contribution in [0.15, 0.2) is 47.5 Å². The molecule has 0 radical (unpaired) electrons. The average molecular weight is 477 g/mol. The molecule has 1 aromatic heterocycles. The van der Waals surface area contributed by atoms with Crippen molar-refractivity contribution < 1.29 is 9.63 Å². The first kappa shape index (κ1) is 24.2. The molecule has 184 valence electrons. The number of allylic oxidation sites excluding steroid dienone is 1. The van der Waals surface area contributed by atoms with Gasteiger partial charge in [0, 0.05) is 29.6 Å². The topological polar surface area (TPSA) is 150 Å². The SMILES string of the molecule is CC(C)(C)C1NC(C(=O)NC2CCCCc3cc(-c4ccnc(N/C(C=N)=C/N)n4)ccc32)=NO1. The number of nitrogens with two attached hydrogens (primary N) is 1. The third-order valence-electron chi connectivity index (χ3n) is 6.07. The van der Waals surface area contributed by atoms with E-state index in [0.29, 0.717) is 11.6 Å². The van der Waals surface area contributed by atoms with E-state index < -0.39 is 0 Å². The number of rotatable bonds is 6. The van der Waals surface area contributed by atoms with Gasteiger partial charge < -0.3 is 31.9 Å². The quantitative estimate of drug-likeness (QED) is 0.317. The second-order valence-corrected chi connectivity index (χ2v) is 9.78. The number of nitrogens with one attached hydrogen (secondary N) is 4. The van der Waals surface area contributed by atoms with E-state index in [2.05, 4.69) is 43.2 Å². The van der Waals surface area contributed by atoms with Crippen LogP contribution in [0.1, 0.15) is 57.2 Å². The number of aromatic nitrogens is 2. The molecule has 0 spiro atoms. The summed E-state index contributed by atoms with van der Waals surface area (Å²) in [4.78, 5) is 27.1. The smallest absolute Gasteiger partial charge is 0.290 e. The molecule has 0 saturated heterocycles. The summed E-state index contributed by atoms with van der Waals surface area (Å²) in [6.45, 7) is 6.08. The largest absolute Gasteiger partial charge is 0.403 e. The number of amides is 1. The van der Waals surface area contributed by atoms with Crippen molar-refractivity contribution >= 4 is 23.9 Å². The zero-order chi connectivity index (χ0) is 25.0. The van der Waals surface area contributed by atoms with Crippen molar-refractivity contribution in [2.75, 3.05) is 5.32 Å². The van der Waals surface area contributed by atoms with Crippen molar-refractivity contribution in [3.8, 4) is 11.3 Å². The molecule has 2 atom stereocenters. The van der Waals surface area contributed by atoms with Crippen LogP contribution in [-0.2, 0) is 16.1 Å². The van der Waals surface area contributed by atoms with E-state index >= 15 is 0 Å². The Labute approximate surface area is 204 Å². The number of fused-ring (bicyclic) bond motifs is 1. The van der Waals surface area contributed by atoms with E-state index in [4.69, 9.17) is 16.0 Å². The van der Waals surface area contributed by atoms with Crippen LogP contribution in [0.4, 0.5) is 5.95 Å². The van der Waals surface area contributed by atoms with Gasteiger partial charge in [0.25, 0.3) is 5.91 Å². The molecule has 1 aliphatic carbocycles. The second kappa shape index (κ2) is 10.1. The number of carbonyl (C=O) groups is 1. The molecule has 10 nitrogen and oxygen atoms in total. The molecule has 10 heteroatoms. The first-order chi connectivity index (χ1) is 16.8. The number of hydrogen-bond acceptors (Lipinski definition) is 9. The Morgan fingerprint density at radius 3 is 2.83 bits per heavy atom. The van der Waals surface area contributed by atoms with Gasteiger partial charge >= 0.3 is 0 Å². The number of hydrogen-bond donors (Lipinski definition) is 5. The molecule has 2 aromatic rings.